The Hall–Kier alpha value is -7.66. The van der Waals surface area contributed by atoms with E-state index in [9.17, 15) is 0 Å². The van der Waals surface area contributed by atoms with Crippen molar-refractivity contribution in [2.75, 3.05) is 0 Å². The fraction of sp³-hybridized carbons (Fsp3) is 0. The zero-order chi connectivity index (χ0) is 40.8. The van der Waals surface area contributed by atoms with Crippen LogP contribution in [0.2, 0.25) is 0 Å². The van der Waals surface area contributed by atoms with Crippen molar-refractivity contribution in [1.29, 1.82) is 0 Å². The van der Waals surface area contributed by atoms with Gasteiger partial charge in [0.05, 0.1) is 22.1 Å². The van der Waals surface area contributed by atoms with Crippen LogP contribution in [-0.4, -0.2) is 23.9 Å². The Morgan fingerprint density at radius 3 is 1.05 bits per heavy atom. The number of para-hydroxylation sites is 4. The molecule has 62 heavy (non-hydrogen) atoms. The van der Waals surface area contributed by atoms with Gasteiger partial charge in [0, 0.05) is 32.9 Å². The van der Waals surface area contributed by atoms with Gasteiger partial charge in [-0.05, 0) is 70.8 Å². The molecule has 1 spiro atoms. The normalized spacial score (nSPS) is 14.1. The van der Waals surface area contributed by atoms with Crippen LogP contribution in [0.25, 0.3) is 66.1 Å². The van der Waals surface area contributed by atoms with Crippen LogP contribution in [0.4, 0.5) is 0 Å². The number of hydrogen-bond acceptors (Lipinski definition) is 0. The Morgan fingerprint density at radius 1 is 0.306 bits per heavy atom. The number of hydrogen-bond donors (Lipinski definition) is 0. The van der Waals surface area contributed by atoms with Crippen molar-refractivity contribution in [3.05, 3.63) is 247 Å². The molecule has 0 bridgehead atoms. The summed E-state index contributed by atoms with van der Waals surface area (Å²) in [5, 5.41) is 8.05. The Morgan fingerprint density at radius 2 is 0.645 bits per heavy atom. The third-order valence-corrected chi connectivity index (χ3v) is 17.8. The van der Waals surface area contributed by atoms with E-state index in [-0.39, 0.29) is 6.71 Å². The SMILES string of the molecule is C1=C(c2ccc(-n3c4ccccc4c4ccccc43)cc2)C(c2ccc(-n3c4ccccc4c4ccccc43)cc2)=C[Si]12c1ccccc1B(c1ccccc1)c1ccccc12. The Bertz CT molecular complexity index is 3300. The van der Waals surface area contributed by atoms with Gasteiger partial charge < -0.3 is 9.13 Å². The lowest BCUT2D eigenvalue weighted by Gasteiger charge is -2.37. The van der Waals surface area contributed by atoms with E-state index in [1.54, 1.807) is 0 Å². The first-order valence-corrected chi connectivity index (χ1v) is 23.8. The number of nitrogens with zero attached hydrogens (tertiary/aromatic N) is 2. The van der Waals surface area contributed by atoms with Gasteiger partial charge in [-0.2, -0.15) is 0 Å². The van der Waals surface area contributed by atoms with Crippen molar-refractivity contribution in [2.24, 2.45) is 0 Å². The summed E-state index contributed by atoms with van der Waals surface area (Å²) in [6.07, 6.45) is 0. The van der Waals surface area contributed by atoms with Gasteiger partial charge in [-0.3, -0.25) is 0 Å². The van der Waals surface area contributed by atoms with Crippen LogP contribution in [0.5, 0.6) is 0 Å². The van der Waals surface area contributed by atoms with Crippen LogP contribution in [-0.2, 0) is 0 Å². The minimum Gasteiger partial charge on any atom is -0.309 e. The summed E-state index contributed by atoms with van der Waals surface area (Å²) in [5.41, 5.74) is 21.9. The molecule has 0 saturated carbocycles. The monoisotopic (exact) mass is 802 g/mol. The van der Waals surface area contributed by atoms with Crippen molar-refractivity contribution >= 4 is 96.3 Å². The molecule has 0 aliphatic carbocycles. The minimum absolute atomic E-state index is 0.173. The molecule has 0 radical (unpaired) electrons. The van der Waals surface area contributed by atoms with Crippen LogP contribution < -0.4 is 26.8 Å². The summed E-state index contributed by atoms with van der Waals surface area (Å²) in [5.74, 6) is 0. The highest BCUT2D eigenvalue weighted by Gasteiger charge is 2.47. The first kappa shape index (κ1) is 35.1. The topological polar surface area (TPSA) is 9.86 Å². The maximum absolute atomic E-state index is 2.71. The average Bonchev–Trinajstić information content (AvgIpc) is 4.02. The first-order chi connectivity index (χ1) is 30.7. The van der Waals surface area contributed by atoms with Crippen molar-refractivity contribution < 1.29 is 0 Å². The number of rotatable bonds is 5. The highest BCUT2D eigenvalue weighted by Crippen LogP contribution is 2.41. The Balaban J connectivity index is 1.01. The molecule has 2 aliphatic rings. The third-order valence-electron chi connectivity index (χ3n) is 13.6. The summed E-state index contributed by atoms with van der Waals surface area (Å²) in [6.45, 7) is 0.173. The van der Waals surface area contributed by atoms with Gasteiger partial charge in [-0.15, -0.1) is 0 Å². The van der Waals surface area contributed by atoms with E-state index in [0.29, 0.717) is 0 Å². The van der Waals surface area contributed by atoms with E-state index in [2.05, 4.69) is 245 Å². The van der Waals surface area contributed by atoms with Gasteiger partial charge in [0.2, 0.25) is 6.71 Å². The third kappa shape index (κ3) is 5.11. The zero-order valence-corrected chi connectivity index (χ0v) is 35.0. The second-order valence-electron chi connectivity index (χ2n) is 16.8. The molecule has 0 N–H and O–H groups in total. The maximum atomic E-state index is 2.71. The molecule has 4 heteroatoms. The molecule has 0 fully saturated rings. The molecule has 288 valence electrons. The van der Waals surface area contributed by atoms with Gasteiger partial charge in [-0.1, -0.05) is 214 Å². The second kappa shape index (κ2) is 13.7. The van der Waals surface area contributed by atoms with Gasteiger partial charge in [0.25, 0.3) is 0 Å². The number of aromatic nitrogens is 2. The molecule has 13 rings (SSSR count). The van der Waals surface area contributed by atoms with Gasteiger partial charge in [-0.25, -0.2) is 0 Å². The molecule has 0 atom stereocenters. The van der Waals surface area contributed by atoms with Crippen molar-refractivity contribution in [2.45, 2.75) is 0 Å². The molecule has 0 amide bonds. The van der Waals surface area contributed by atoms with Crippen LogP contribution in [0.1, 0.15) is 11.1 Å². The molecule has 2 aliphatic heterocycles. The fourth-order valence-electron chi connectivity index (χ4n) is 11.0. The van der Waals surface area contributed by atoms with Crippen LogP contribution in [0.3, 0.4) is 0 Å². The lowest BCUT2D eigenvalue weighted by molar-refractivity contribution is 1.18. The quantitative estimate of drug-likeness (QED) is 0.153. The molecule has 9 aromatic carbocycles. The summed E-state index contributed by atoms with van der Waals surface area (Å²) >= 11 is 0. The highest BCUT2D eigenvalue weighted by molar-refractivity contribution is 7.20. The smallest absolute Gasteiger partial charge is 0.240 e. The van der Waals surface area contributed by atoms with Crippen LogP contribution in [0, 0.1) is 0 Å². The van der Waals surface area contributed by atoms with Crippen molar-refractivity contribution in [3.63, 3.8) is 0 Å². The lowest BCUT2D eigenvalue weighted by Crippen LogP contribution is -2.77. The van der Waals surface area contributed by atoms with E-state index in [1.165, 1.54) is 92.6 Å². The summed E-state index contributed by atoms with van der Waals surface area (Å²) in [6, 6.07) is 83.4. The standard InChI is InChI=1S/C58H39BN2Si/c1-2-16-42(17-3-1)59-51-22-8-14-28-57(51)62(58-29-15-9-23-52(58)59)38-49(40-30-34-43(35-31-40)60-53-24-10-4-18-45(53)46-19-5-11-25-54(46)60)50(39-62)41-32-36-44(37-33-41)61-55-26-12-6-20-47(55)48-21-7-13-27-56(48)61/h1-39H. The largest absolute Gasteiger partial charge is 0.309 e. The Kier molecular flexibility index (Phi) is 7.75. The molecule has 0 unspecified atom stereocenters. The summed E-state index contributed by atoms with van der Waals surface area (Å²) in [7, 11) is -2.64. The zero-order valence-electron chi connectivity index (χ0n) is 34.0. The summed E-state index contributed by atoms with van der Waals surface area (Å²) < 4.78 is 4.82. The van der Waals surface area contributed by atoms with E-state index in [1.807, 2.05) is 0 Å². The lowest BCUT2D eigenvalue weighted by atomic mass is 9.36. The number of allylic oxidation sites excluding steroid dienone is 2. The van der Waals surface area contributed by atoms with Gasteiger partial charge in [0.1, 0.15) is 0 Å². The van der Waals surface area contributed by atoms with E-state index in [4.69, 9.17) is 0 Å². The fourth-order valence-corrected chi connectivity index (χ4v) is 15.7. The van der Waals surface area contributed by atoms with Crippen LogP contribution >= 0.6 is 0 Å². The predicted molar refractivity (Wildman–Crippen MR) is 267 cm³/mol. The van der Waals surface area contributed by atoms with E-state index < -0.39 is 8.07 Å². The molecule has 11 aromatic rings. The molecule has 2 aromatic heterocycles. The predicted octanol–water partition coefficient (Wildman–Crippen LogP) is 10.5. The Labute approximate surface area is 362 Å². The van der Waals surface area contributed by atoms with E-state index in [0.717, 1.165) is 11.4 Å². The molecule has 4 heterocycles. The summed E-state index contributed by atoms with van der Waals surface area (Å²) in [4.78, 5) is 0. The van der Waals surface area contributed by atoms with Gasteiger partial charge in [0.15, 0.2) is 8.07 Å². The van der Waals surface area contributed by atoms with Crippen molar-refractivity contribution in [1.82, 2.24) is 9.13 Å². The molecular weight excluding hydrogens is 764 g/mol. The average molecular weight is 803 g/mol. The van der Waals surface area contributed by atoms with E-state index >= 15 is 0 Å². The van der Waals surface area contributed by atoms with Gasteiger partial charge >= 0.3 is 0 Å². The van der Waals surface area contributed by atoms with Crippen molar-refractivity contribution in [3.8, 4) is 11.4 Å². The maximum Gasteiger partial charge on any atom is 0.240 e. The molecule has 2 nitrogen and oxygen atoms in total. The first-order valence-electron chi connectivity index (χ1n) is 21.6. The van der Waals surface area contributed by atoms with Crippen LogP contribution in [0.15, 0.2) is 236 Å². The molecular formula is C58H39BN2Si. The highest BCUT2D eigenvalue weighted by atomic mass is 28.3. The molecule has 0 saturated heterocycles. The second-order valence-corrected chi connectivity index (χ2v) is 20.2. The number of benzene rings is 9. The minimum atomic E-state index is -2.64. The number of fused-ring (bicyclic) bond motifs is 10.